The quantitative estimate of drug-likeness (QED) is 0.686. The Morgan fingerprint density at radius 2 is 2.00 bits per heavy atom. The summed E-state index contributed by atoms with van der Waals surface area (Å²) in [5.41, 5.74) is 1.28. The van der Waals surface area contributed by atoms with Gasteiger partial charge in [-0.15, -0.1) is 0 Å². The molecule has 1 aromatic carbocycles. The molecule has 1 unspecified atom stereocenters. The van der Waals surface area contributed by atoms with E-state index >= 15 is 0 Å². The van der Waals surface area contributed by atoms with Crippen LogP contribution in [0.3, 0.4) is 0 Å². The molecule has 0 aromatic heterocycles. The van der Waals surface area contributed by atoms with Crippen molar-refractivity contribution in [2.45, 2.75) is 26.3 Å². The molecule has 0 aliphatic carbocycles. The molecule has 0 aliphatic rings. The molecule has 0 saturated carbocycles. The SMILES string of the molecule is CCCN(CC#N)C(C)c1ccccc1. The van der Waals surface area contributed by atoms with E-state index < -0.39 is 0 Å². The molecule has 0 fully saturated rings. The van der Waals surface area contributed by atoms with E-state index in [-0.39, 0.29) is 0 Å². The maximum Gasteiger partial charge on any atom is 0.0870 e. The molecule has 0 heterocycles. The Bertz CT molecular complexity index is 313. The van der Waals surface area contributed by atoms with Crippen LogP contribution in [0, 0.1) is 11.3 Å². The van der Waals surface area contributed by atoms with Gasteiger partial charge in [0.15, 0.2) is 0 Å². The zero-order valence-electron chi connectivity index (χ0n) is 9.48. The smallest absolute Gasteiger partial charge is 0.0870 e. The summed E-state index contributed by atoms with van der Waals surface area (Å²) in [5.74, 6) is 0. The van der Waals surface area contributed by atoms with E-state index in [1.807, 2.05) is 18.2 Å². The summed E-state index contributed by atoms with van der Waals surface area (Å²) in [6.07, 6.45) is 1.08. The Hall–Kier alpha value is -1.33. The van der Waals surface area contributed by atoms with Crippen molar-refractivity contribution in [1.82, 2.24) is 4.90 Å². The third-order valence-corrected chi connectivity index (χ3v) is 2.61. The van der Waals surface area contributed by atoms with Crippen LogP contribution in [-0.4, -0.2) is 18.0 Å². The molecule has 15 heavy (non-hydrogen) atoms. The zero-order chi connectivity index (χ0) is 11.1. The molecule has 80 valence electrons. The van der Waals surface area contributed by atoms with Crippen LogP contribution in [0.15, 0.2) is 30.3 Å². The van der Waals surface area contributed by atoms with Crippen LogP contribution in [0.1, 0.15) is 31.9 Å². The fourth-order valence-electron chi connectivity index (χ4n) is 1.73. The number of hydrogen-bond acceptors (Lipinski definition) is 2. The Morgan fingerprint density at radius 1 is 1.33 bits per heavy atom. The van der Waals surface area contributed by atoms with Gasteiger partial charge in [0.25, 0.3) is 0 Å². The van der Waals surface area contributed by atoms with Gasteiger partial charge in [0.05, 0.1) is 12.6 Å². The predicted octanol–water partition coefficient (Wildman–Crippen LogP) is 2.98. The highest BCUT2D eigenvalue weighted by Gasteiger charge is 2.13. The summed E-state index contributed by atoms with van der Waals surface area (Å²) in [6.45, 7) is 5.78. The minimum absolute atomic E-state index is 0.325. The highest BCUT2D eigenvalue weighted by atomic mass is 15.1. The molecule has 1 rings (SSSR count). The Balaban J connectivity index is 2.72. The minimum Gasteiger partial charge on any atom is -0.284 e. The lowest BCUT2D eigenvalue weighted by Crippen LogP contribution is -2.28. The Kier molecular flexibility index (Phi) is 4.86. The van der Waals surface area contributed by atoms with Crippen LogP contribution in [0.4, 0.5) is 0 Å². The fraction of sp³-hybridized carbons (Fsp3) is 0.462. The van der Waals surface area contributed by atoms with Crippen molar-refractivity contribution < 1.29 is 0 Å². The predicted molar refractivity (Wildman–Crippen MR) is 62.3 cm³/mol. The van der Waals surface area contributed by atoms with Crippen molar-refractivity contribution in [3.05, 3.63) is 35.9 Å². The average Bonchev–Trinajstić information content (AvgIpc) is 2.29. The number of hydrogen-bond donors (Lipinski definition) is 0. The standard InChI is InChI=1S/C13H18N2/c1-3-10-15(11-9-14)12(2)13-7-5-4-6-8-13/h4-8,12H,3,10-11H2,1-2H3. The van der Waals surface area contributed by atoms with E-state index in [0.717, 1.165) is 13.0 Å². The van der Waals surface area contributed by atoms with E-state index in [4.69, 9.17) is 5.26 Å². The van der Waals surface area contributed by atoms with Gasteiger partial charge < -0.3 is 0 Å². The van der Waals surface area contributed by atoms with Gasteiger partial charge in [0, 0.05) is 6.04 Å². The van der Waals surface area contributed by atoms with Crippen LogP contribution >= 0.6 is 0 Å². The van der Waals surface area contributed by atoms with Crippen molar-refractivity contribution in [2.24, 2.45) is 0 Å². The normalized spacial score (nSPS) is 12.4. The van der Waals surface area contributed by atoms with Crippen LogP contribution < -0.4 is 0 Å². The molecule has 0 aliphatic heterocycles. The van der Waals surface area contributed by atoms with E-state index in [0.29, 0.717) is 12.6 Å². The Labute approximate surface area is 92.1 Å². The largest absolute Gasteiger partial charge is 0.284 e. The number of benzene rings is 1. The van der Waals surface area contributed by atoms with Gasteiger partial charge in [-0.2, -0.15) is 5.26 Å². The lowest BCUT2D eigenvalue weighted by Gasteiger charge is -2.26. The molecule has 0 amide bonds. The van der Waals surface area contributed by atoms with E-state index in [1.165, 1.54) is 5.56 Å². The third-order valence-electron chi connectivity index (χ3n) is 2.61. The van der Waals surface area contributed by atoms with Gasteiger partial charge in [0.1, 0.15) is 0 Å². The maximum absolute atomic E-state index is 8.77. The van der Waals surface area contributed by atoms with E-state index in [1.54, 1.807) is 0 Å². The molecule has 1 atom stereocenters. The van der Waals surface area contributed by atoms with Gasteiger partial charge in [-0.3, -0.25) is 4.90 Å². The molecule has 2 nitrogen and oxygen atoms in total. The second-order valence-electron chi connectivity index (χ2n) is 3.72. The van der Waals surface area contributed by atoms with E-state index in [2.05, 4.69) is 36.9 Å². The van der Waals surface area contributed by atoms with Crippen molar-refractivity contribution in [3.63, 3.8) is 0 Å². The molecule has 2 heteroatoms. The van der Waals surface area contributed by atoms with E-state index in [9.17, 15) is 0 Å². The minimum atomic E-state index is 0.325. The van der Waals surface area contributed by atoms with Crippen molar-refractivity contribution >= 4 is 0 Å². The van der Waals surface area contributed by atoms with Crippen LogP contribution in [0.5, 0.6) is 0 Å². The highest BCUT2D eigenvalue weighted by molar-refractivity contribution is 5.18. The third kappa shape index (κ3) is 3.38. The summed E-state index contributed by atoms with van der Waals surface area (Å²) >= 11 is 0. The topological polar surface area (TPSA) is 27.0 Å². The van der Waals surface area contributed by atoms with Crippen LogP contribution in [-0.2, 0) is 0 Å². The number of nitriles is 1. The van der Waals surface area contributed by atoms with Gasteiger partial charge in [-0.05, 0) is 25.5 Å². The molecular formula is C13H18N2. The van der Waals surface area contributed by atoms with Gasteiger partial charge >= 0.3 is 0 Å². The molecular weight excluding hydrogens is 184 g/mol. The summed E-state index contributed by atoms with van der Waals surface area (Å²) in [7, 11) is 0. The second kappa shape index (κ2) is 6.21. The zero-order valence-corrected chi connectivity index (χ0v) is 9.48. The summed E-state index contributed by atoms with van der Waals surface area (Å²) in [6, 6.07) is 12.9. The average molecular weight is 202 g/mol. The number of nitrogens with zero attached hydrogens (tertiary/aromatic N) is 2. The first-order valence-corrected chi connectivity index (χ1v) is 5.45. The summed E-state index contributed by atoms with van der Waals surface area (Å²) < 4.78 is 0. The molecule has 0 bridgehead atoms. The fourth-order valence-corrected chi connectivity index (χ4v) is 1.73. The van der Waals surface area contributed by atoms with Crippen molar-refractivity contribution in [3.8, 4) is 6.07 Å². The number of rotatable bonds is 5. The second-order valence-corrected chi connectivity index (χ2v) is 3.72. The monoisotopic (exact) mass is 202 g/mol. The van der Waals surface area contributed by atoms with Crippen molar-refractivity contribution in [1.29, 1.82) is 5.26 Å². The maximum atomic E-state index is 8.77. The summed E-state index contributed by atoms with van der Waals surface area (Å²) in [5, 5.41) is 8.77. The molecule has 0 radical (unpaired) electrons. The molecule has 1 aromatic rings. The molecule has 0 N–H and O–H groups in total. The first-order valence-electron chi connectivity index (χ1n) is 5.45. The first-order chi connectivity index (χ1) is 7.29. The van der Waals surface area contributed by atoms with Crippen LogP contribution in [0.25, 0.3) is 0 Å². The summed E-state index contributed by atoms with van der Waals surface area (Å²) in [4.78, 5) is 2.20. The molecule has 0 spiro atoms. The van der Waals surface area contributed by atoms with Crippen LogP contribution in [0.2, 0.25) is 0 Å². The van der Waals surface area contributed by atoms with Gasteiger partial charge in [-0.1, -0.05) is 37.3 Å². The lowest BCUT2D eigenvalue weighted by atomic mass is 10.1. The first kappa shape index (κ1) is 11.7. The van der Waals surface area contributed by atoms with Gasteiger partial charge in [-0.25, -0.2) is 0 Å². The highest BCUT2D eigenvalue weighted by Crippen LogP contribution is 2.19. The lowest BCUT2D eigenvalue weighted by molar-refractivity contribution is 0.237. The van der Waals surface area contributed by atoms with Crippen molar-refractivity contribution in [2.75, 3.05) is 13.1 Å². The Morgan fingerprint density at radius 3 is 2.53 bits per heavy atom. The molecule has 0 saturated heterocycles. The van der Waals surface area contributed by atoms with Gasteiger partial charge in [0.2, 0.25) is 0 Å².